The van der Waals surface area contributed by atoms with Gasteiger partial charge in [-0.2, -0.15) is 5.10 Å². The maximum absolute atomic E-state index is 12.9. The molecule has 1 heterocycles. The van der Waals surface area contributed by atoms with Gasteiger partial charge in [-0.25, -0.2) is 10.2 Å². The minimum absolute atomic E-state index is 0.0242. The maximum atomic E-state index is 12.9. The number of esters is 1. The summed E-state index contributed by atoms with van der Waals surface area (Å²) >= 11 is 6.14. The highest BCUT2D eigenvalue weighted by Crippen LogP contribution is 2.70. The minimum Gasteiger partial charge on any atom is -0.458 e. The van der Waals surface area contributed by atoms with E-state index in [0.29, 0.717) is 44.9 Å². The largest absolute Gasteiger partial charge is 0.458 e. The number of carbonyl (C=O) groups excluding carboxylic acids is 2. The SMILES string of the molecule is CC12CC[C@H]3[C@@H](CCC4(O)C[C@H](O)CCC34C=NNC(=O)c3ccc([N+](=O)[O-])cc3Cl)C1(O)CCC2C1=CC(=O)OC1. The second-order valence-electron chi connectivity index (χ2n) is 13.1. The lowest BCUT2D eigenvalue weighted by Gasteiger charge is -2.65. The van der Waals surface area contributed by atoms with Gasteiger partial charge in [-0.05, 0) is 80.8 Å². The Morgan fingerprint density at radius 3 is 2.62 bits per heavy atom. The number of aliphatic hydroxyl groups is 3. The quantitative estimate of drug-likeness (QED) is 0.171. The third kappa shape index (κ3) is 4.23. The van der Waals surface area contributed by atoms with E-state index >= 15 is 0 Å². The minimum atomic E-state index is -1.28. The van der Waals surface area contributed by atoms with E-state index in [-0.39, 0.29) is 53.0 Å². The van der Waals surface area contributed by atoms with Gasteiger partial charge in [0.05, 0.1) is 32.8 Å². The number of carbonyl (C=O) groups is 2. The van der Waals surface area contributed by atoms with Gasteiger partial charge in [-0.3, -0.25) is 14.9 Å². The van der Waals surface area contributed by atoms with E-state index in [9.17, 15) is 35.0 Å². The summed E-state index contributed by atoms with van der Waals surface area (Å²) in [5, 5.41) is 50.4. The van der Waals surface area contributed by atoms with E-state index in [0.717, 1.165) is 18.1 Å². The first kappa shape index (κ1) is 29.2. The number of hydrogen-bond acceptors (Lipinski definition) is 9. The van der Waals surface area contributed by atoms with Gasteiger partial charge in [0.15, 0.2) is 0 Å². The number of nitro groups is 1. The fourth-order valence-corrected chi connectivity index (χ4v) is 9.69. The molecule has 42 heavy (non-hydrogen) atoms. The van der Waals surface area contributed by atoms with Crippen molar-refractivity contribution < 1.29 is 34.6 Å². The van der Waals surface area contributed by atoms with Crippen molar-refractivity contribution in [3.63, 3.8) is 0 Å². The van der Waals surface area contributed by atoms with E-state index in [4.69, 9.17) is 16.3 Å². The molecule has 5 aliphatic rings. The number of benzene rings is 1. The molecule has 4 saturated carbocycles. The fraction of sp³-hybridized carbons (Fsp3) is 0.633. The zero-order valence-corrected chi connectivity index (χ0v) is 24.2. The van der Waals surface area contributed by atoms with Crippen LogP contribution in [0.4, 0.5) is 5.69 Å². The molecule has 226 valence electrons. The molecular weight excluding hydrogens is 566 g/mol. The molecule has 1 amide bonds. The number of nitrogens with zero attached hydrogens (tertiary/aromatic N) is 2. The molecule has 8 atom stereocenters. The zero-order chi connectivity index (χ0) is 30.1. The Balaban J connectivity index is 1.30. The van der Waals surface area contributed by atoms with E-state index in [1.807, 2.05) is 0 Å². The topological polar surface area (TPSA) is 172 Å². The second-order valence-corrected chi connectivity index (χ2v) is 13.5. The van der Waals surface area contributed by atoms with Crippen LogP contribution < -0.4 is 5.43 Å². The first-order valence-corrected chi connectivity index (χ1v) is 15.0. The van der Waals surface area contributed by atoms with Gasteiger partial charge < -0.3 is 20.1 Å². The van der Waals surface area contributed by atoms with Gasteiger partial charge in [-0.15, -0.1) is 0 Å². The third-order valence-corrected chi connectivity index (χ3v) is 11.8. The molecule has 4 aliphatic carbocycles. The summed E-state index contributed by atoms with van der Waals surface area (Å²) in [6.45, 7) is 2.38. The number of fused-ring (bicyclic) bond motifs is 5. The van der Waals surface area contributed by atoms with E-state index in [1.165, 1.54) is 12.1 Å². The smallest absolute Gasteiger partial charge is 0.331 e. The van der Waals surface area contributed by atoms with Gasteiger partial charge >= 0.3 is 5.97 Å². The molecule has 1 aromatic rings. The Kier molecular flexibility index (Phi) is 7.03. The molecular formula is C30H36ClN3O8. The number of rotatable bonds is 5. The van der Waals surface area contributed by atoms with Crippen LogP contribution in [0.15, 0.2) is 34.9 Å². The summed E-state index contributed by atoms with van der Waals surface area (Å²) in [4.78, 5) is 35.2. The van der Waals surface area contributed by atoms with Gasteiger partial charge in [0.25, 0.3) is 11.6 Å². The highest BCUT2D eigenvalue weighted by Gasteiger charge is 2.71. The molecule has 12 heteroatoms. The lowest BCUT2D eigenvalue weighted by Crippen LogP contribution is -2.68. The summed E-state index contributed by atoms with van der Waals surface area (Å²) in [5.74, 6) is -1.27. The molecule has 4 N–H and O–H groups in total. The number of nitro benzene ring substituents is 1. The molecule has 0 saturated heterocycles. The van der Waals surface area contributed by atoms with Gasteiger partial charge in [0.1, 0.15) is 6.61 Å². The summed E-state index contributed by atoms with van der Waals surface area (Å²) in [6, 6.07) is 3.55. The number of nitrogens with one attached hydrogen (secondary N) is 1. The number of cyclic esters (lactones) is 1. The number of amides is 1. The third-order valence-electron chi connectivity index (χ3n) is 11.5. The van der Waals surface area contributed by atoms with Gasteiger partial charge in [0, 0.05) is 41.7 Å². The van der Waals surface area contributed by atoms with Crippen molar-refractivity contribution in [3.05, 3.63) is 50.5 Å². The van der Waals surface area contributed by atoms with Gasteiger partial charge in [0.2, 0.25) is 0 Å². The molecule has 0 spiro atoms. The monoisotopic (exact) mass is 601 g/mol. The van der Waals surface area contributed by atoms with Crippen LogP contribution in [-0.4, -0.2) is 62.2 Å². The number of hydrogen-bond donors (Lipinski definition) is 4. The predicted octanol–water partition coefficient (Wildman–Crippen LogP) is 3.68. The van der Waals surface area contributed by atoms with Crippen LogP contribution in [0.25, 0.3) is 0 Å². The Hall–Kier alpha value is -2.86. The molecule has 0 aromatic heterocycles. The van der Waals surface area contributed by atoms with Crippen LogP contribution in [0.1, 0.15) is 75.1 Å². The Morgan fingerprint density at radius 1 is 1.17 bits per heavy atom. The molecule has 0 bridgehead atoms. The summed E-state index contributed by atoms with van der Waals surface area (Å²) in [7, 11) is 0. The maximum Gasteiger partial charge on any atom is 0.331 e. The first-order valence-electron chi connectivity index (χ1n) is 14.6. The average molecular weight is 602 g/mol. The molecule has 6 rings (SSSR count). The normalized spacial score (nSPS) is 41.0. The lowest BCUT2D eigenvalue weighted by atomic mass is 9.41. The summed E-state index contributed by atoms with van der Waals surface area (Å²) < 4.78 is 5.21. The van der Waals surface area contributed by atoms with Crippen molar-refractivity contribution in [2.24, 2.45) is 33.7 Å². The number of hydrazone groups is 1. The number of non-ortho nitro benzene ring substituents is 1. The molecule has 11 nitrogen and oxygen atoms in total. The van der Waals surface area contributed by atoms with Crippen LogP contribution in [0.2, 0.25) is 5.02 Å². The van der Waals surface area contributed by atoms with Crippen molar-refractivity contribution in [2.45, 2.75) is 82.0 Å². The van der Waals surface area contributed by atoms with E-state index < -0.39 is 39.0 Å². The van der Waals surface area contributed by atoms with Crippen LogP contribution in [0.5, 0.6) is 0 Å². The number of aliphatic hydroxyl groups excluding tert-OH is 1. The van der Waals surface area contributed by atoms with Crippen molar-refractivity contribution in [2.75, 3.05) is 6.61 Å². The summed E-state index contributed by atoms with van der Waals surface area (Å²) in [6.07, 6.45) is 7.23. The fourth-order valence-electron chi connectivity index (χ4n) is 9.43. The lowest BCUT2D eigenvalue weighted by molar-refractivity contribution is -0.384. The highest BCUT2D eigenvalue weighted by atomic mass is 35.5. The molecule has 1 aliphatic heterocycles. The van der Waals surface area contributed by atoms with E-state index in [2.05, 4.69) is 17.5 Å². The van der Waals surface area contributed by atoms with E-state index in [1.54, 1.807) is 12.3 Å². The molecule has 5 unspecified atom stereocenters. The Bertz CT molecular complexity index is 1400. The molecule has 4 fully saturated rings. The summed E-state index contributed by atoms with van der Waals surface area (Å²) in [5.41, 5.74) is -0.454. The molecule has 1 aromatic carbocycles. The van der Waals surface area contributed by atoms with Crippen LogP contribution in [-0.2, 0) is 9.53 Å². The van der Waals surface area contributed by atoms with Crippen LogP contribution in [0, 0.1) is 38.7 Å². The predicted molar refractivity (Wildman–Crippen MR) is 152 cm³/mol. The Morgan fingerprint density at radius 2 is 1.93 bits per heavy atom. The van der Waals surface area contributed by atoms with Crippen LogP contribution >= 0.6 is 11.6 Å². The van der Waals surface area contributed by atoms with Crippen molar-refractivity contribution in [1.29, 1.82) is 0 Å². The zero-order valence-electron chi connectivity index (χ0n) is 23.4. The number of ether oxygens (including phenoxy) is 1. The first-order chi connectivity index (χ1) is 19.8. The van der Waals surface area contributed by atoms with Crippen LogP contribution in [0.3, 0.4) is 0 Å². The van der Waals surface area contributed by atoms with Gasteiger partial charge in [-0.1, -0.05) is 18.5 Å². The highest BCUT2D eigenvalue weighted by molar-refractivity contribution is 6.34. The van der Waals surface area contributed by atoms with Crippen molar-refractivity contribution >= 4 is 35.4 Å². The standard InChI is InChI=1S/C30H36ClN3O8/c1-27-8-5-22-23(30(27,39)11-7-21(27)17-12-25(36)42-15-17)6-10-29(38)14-19(35)4-9-28(22,29)16-32-33-26(37)20-3-2-18(34(40)41)13-24(20)31/h2-3,12-13,16,19,21-23,35,38-39H,4-11,14-15H2,1H3,(H,33,37)/t19-,21?,22+,23-,27?,28?,29?,30?/m1/s1. The average Bonchev–Trinajstić information content (AvgIpc) is 3.48. The molecule has 0 radical (unpaired) electrons. The van der Waals surface area contributed by atoms with Crippen molar-refractivity contribution in [3.8, 4) is 0 Å². The number of halogens is 1. The Labute approximate surface area is 248 Å². The second kappa shape index (κ2) is 10.1. The van der Waals surface area contributed by atoms with Crippen molar-refractivity contribution in [1.82, 2.24) is 5.43 Å².